The number of halogens is 1. The number of nitrogens with one attached hydrogen (secondary N) is 1. The average Bonchev–Trinajstić information content (AvgIpc) is 3.11. The van der Waals surface area contributed by atoms with Gasteiger partial charge in [0, 0.05) is 28.7 Å². The molecule has 1 amide bonds. The van der Waals surface area contributed by atoms with Crippen molar-refractivity contribution < 1.29 is 19.4 Å². The van der Waals surface area contributed by atoms with E-state index in [2.05, 4.69) is 10.4 Å². The number of benzene rings is 1. The Kier molecular flexibility index (Phi) is 7.76. The summed E-state index contributed by atoms with van der Waals surface area (Å²) in [6.07, 6.45) is 2.93. The molecule has 0 radical (unpaired) electrons. The van der Waals surface area contributed by atoms with Crippen molar-refractivity contribution in [1.82, 2.24) is 15.1 Å². The summed E-state index contributed by atoms with van der Waals surface area (Å²) in [5.74, 6) is -1.85. The minimum atomic E-state index is -1.21. The zero-order valence-electron chi connectivity index (χ0n) is 19.1. The Bertz CT molecular complexity index is 931. The van der Waals surface area contributed by atoms with Crippen molar-refractivity contribution in [1.29, 1.82) is 0 Å². The summed E-state index contributed by atoms with van der Waals surface area (Å²) in [7, 11) is 0. The summed E-state index contributed by atoms with van der Waals surface area (Å²) in [4.78, 5) is 24.5. The van der Waals surface area contributed by atoms with Gasteiger partial charge >= 0.3 is 12.1 Å². The molecule has 0 bridgehead atoms. The van der Waals surface area contributed by atoms with Crippen LogP contribution in [0, 0.1) is 5.92 Å². The highest BCUT2D eigenvalue weighted by atomic mass is 35.5. The van der Waals surface area contributed by atoms with E-state index in [1.54, 1.807) is 33.0 Å². The fraction of sp³-hybridized carbons (Fsp3) is 0.522. The number of aliphatic carboxylic acids is 1. The molecule has 0 aliphatic heterocycles. The van der Waals surface area contributed by atoms with Gasteiger partial charge in [0.25, 0.3) is 0 Å². The van der Waals surface area contributed by atoms with Crippen LogP contribution >= 0.6 is 11.6 Å². The van der Waals surface area contributed by atoms with Crippen LogP contribution in [0.1, 0.15) is 66.0 Å². The summed E-state index contributed by atoms with van der Waals surface area (Å²) in [6, 6.07) is 4.52. The van der Waals surface area contributed by atoms with Crippen LogP contribution in [0.15, 0.2) is 30.6 Å². The first kappa shape index (κ1) is 24.7. The van der Waals surface area contributed by atoms with Gasteiger partial charge in [0.05, 0.1) is 6.20 Å². The van der Waals surface area contributed by atoms with Crippen molar-refractivity contribution in [3.05, 3.63) is 41.2 Å². The number of aromatic nitrogens is 2. The highest BCUT2D eigenvalue weighted by Gasteiger charge is 2.35. The van der Waals surface area contributed by atoms with E-state index in [1.165, 1.54) is 0 Å². The normalized spacial score (nSPS) is 13.9. The van der Waals surface area contributed by atoms with Crippen molar-refractivity contribution in [3.8, 4) is 11.1 Å². The molecule has 170 valence electrons. The molecule has 7 nitrogen and oxygen atoms in total. The molecule has 2 atom stereocenters. The summed E-state index contributed by atoms with van der Waals surface area (Å²) in [5, 5.41) is 17.3. The van der Waals surface area contributed by atoms with Gasteiger partial charge in [0.1, 0.15) is 11.6 Å². The lowest BCUT2D eigenvalue weighted by Gasteiger charge is -2.30. The highest BCUT2D eigenvalue weighted by Crippen LogP contribution is 2.36. The molecular weight excluding hydrogens is 418 g/mol. The van der Waals surface area contributed by atoms with E-state index in [9.17, 15) is 14.7 Å². The number of nitrogens with zero attached hydrogens (tertiary/aromatic N) is 2. The van der Waals surface area contributed by atoms with Crippen LogP contribution in [0.5, 0.6) is 0 Å². The van der Waals surface area contributed by atoms with Crippen LogP contribution in [-0.2, 0) is 9.53 Å². The Hall–Kier alpha value is -2.54. The molecule has 8 heteroatoms. The van der Waals surface area contributed by atoms with E-state index in [4.69, 9.17) is 16.3 Å². The number of carboxylic acid groups (broad SMARTS) is 1. The molecule has 2 aromatic rings. The topological polar surface area (TPSA) is 93.5 Å². The molecule has 31 heavy (non-hydrogen) atoms. The third-order valence-electron chi connectivity index (χ3n) is 4.83. The van der Waals surface area contributed by atoms with E-state index in [0.29, 0.717) is 10.6 Å². The van der Waals surface area contributed by atoms with Gasteiger partial charge in [-0.05, 0) is 63.8 Å². The number of carboxylic acids is 1. The van der Waals surface area contributed by atoms with Crippen LogP contribution in [0.2, 0.25) is 5.02 Å². The second kappa shape index (κ2) is 9.73. The number of rotatable bonds is 7. The van der Waals surface area contributed by atoms with Crippen LogP contribution in [0.3, 0.4) is 0 Å². The lowest BCUT2D eigenvalue weighted by Crippen LogP contribution is -2.48. The SMILES string of the molecule is CC(C)C(c1cc(-c2cnn(C(C)C)c2)ccc1Cl)C(NC(=O)OC(C)(C)C)C(=O)O. The molecule has 0 saturated carbocycles. The number of hydrogen-bond donors (Lipinski definition) is 2. The first-order chi connectivity index (χ1) is 14.3. The highest BCUT2D eigenvalue weighted by molar-refractivity contribution is 6.31. The number of carbonyl (C=O) groups is 2. The van der Waals surface area contributed by atoms with E-state index in [-0.39, 0.29) is 12.0 Å². The van der Waals surface area contributed by atoms with E-state index >= 15 is 0 Å². The zero-order chi connectivity index (χ0) is 23.5. The number of alkyl carbamates (subject to hydrolysis) is 1. The largest absolute Gasteiger partial charge is 0.480 e. The summed E-state index contributed by atoms with van der Waals surface area (Å²) < 4.78 is 7.13. The molecular formula is C23H32ClN3O4. The molecule has 0 aliphatic rings. The van der Waals surface area contributed by atoms with Crippen LogP contribution in [-0.4, -0.2) is 38.6 Å². The number of hydrogen-bond acceptors (Lipinski definition) is 4. The van der Waals surface area contributed by atoms with Gasteiger partial charge in [-0.25, -0.2) is 9.59 Å². The predicted octanol–water partition coefficient (Wildman–Crippen LogP) is 5.50. The zero-order valence-corrected chi connectivity index (χ0v) is 19.9. The van der Waals surface area contributed by atoms with Crippen LogP contribution in [0.4, 0.5) is 4.79 Å². The molecule has 1 aromatic carbocycles. The minimum absolute atomic E-state index is 0.123. The smallest absolute Gasteiger partial charge is 0.408 e. The predicted molar refractivity (Wildman–Crippen MR) is 121 cm³/mol. The van der Waals surface area contributed by atoms with Crippen LogP contribution < -0.4 is 5.32 Å². The summed E-state index contributed by atoms with van der Waals surface area (Å²) >= 11 is 6.51. The molecule has 0 saturated heterocycles. The van der Waals surface area contributed by atoms with Crippen LogP contribution in [0.25, 0.3) is 11.1 Å². The monoisotopic (exact) mass is 449 g/mol. The molecule has 0 aliphatic carbocycles. The quantitative estimate of drug-likeness (QED) is 0.581. The molecule has 1 aromatic heterocycles. The van der Waals surface area contributed by atoms with Crippen molar-refractivity contribution in [2.45, 2.75) is 72.1 Å². The lowest BCUT2D eigenvalue weighted by atomic mass is 9.81. The Morgan fingerprint density at radius 3 is 2.29 bits per heavy atom. The van der Waals surface area contributed by atoms with Gasteiger partial charge in [-0.1, -0.05) is 31.5 Å². The van der Waals surface area contributed by atoms with Gasteiger partial charge in [-0.3, -0.25) is 4.68 Å². The third-order valence-corrected chi connectivity index (χ3v) is 5.18. The molecule has 2 unspecified atom stereocenters. The van der Waals surface area contributed by atoms with Crippen molar-refractivity contribution in [2.24, 2.45) is 5.92 Å². The fourth-order valence-electron chi connectivity index (χ4n) is 3.41. The fourth-order valence-corrected chi connectivity index (χ4v) is 3.66. The number of carbonyl (C=O) groups excluding carboxylic acids is 1. The molecule has 0 fully saturated rings. The second-order valence-corrected chi connectivity index (χ2v) is 9.68. The third kappa shape index (κ3) is 6.47. The van der Waals surface area contributed by atoms with E-state index in [1.807, 2.05) is 50.7 Å². The maximum atomic E-state index is 12.3. The Morgan fingerprint density at radius 2 is 1.81 bits per heavy atom. The maximum absolute atomic E-state index is 12.3. The van der Waals surface area contributed by atoms with Gasteiger partial charge in [0.2, 0.25) is 0 Å². The van der Waals surface area contributed by atoms with Crippen molar-refractivity contribution in [2.75, 3.05) is 0 Å². The second-order valence-electron chi connectivity index (χ2n) is 9.27. The Morgan fingerprint density at radius 1 is 1.16 bits per heavy atom. The van der Waals surface area contributed by atoms with Crippen molar-refractivity contribution >= 4 is 23.7 Å². The Labute approximate surface area is 188 Å². The maximum Gasteiger partial charge on any atom is 0.408 e. The van der Waals surface area contributed by atoms with Crippen molar-refractivity contribution in [3.63, 3.8) is 0 Å². The van der Waals surface area contributed by atoms with E-state index in [0.717, 1.165) is 11.1 Å². The first-order valence-electron chi connectivity index (χ1n) is 10.4. The molecule has 1 heterocycles. The van der Waals surface area contributed by atoms with Gasteiger partial charge in [0.15, 0.2) is 0 Å². The standard InChI is InChI=1S/C23H32ClN3O4/c1-13(2)19(20(21(28)29)26-22(30)31-23(5,6)7)17-10-15(8-9-18(17)24)16-11-25-27(12-16)14(3)4/h8-14,19-20H,1-7H3,(H,26,30)(H,28,29). The minimum Gasteiger partial charge on any atom is -0.480 e. The summed E-state index contributed by atoms with van der Waals surface area (Å²) in [5.41, 5.74) is 1.68. The average molecular weight is 450 g/mol. The number of amides is 1. The van der Waals surface area contributed by atoms with Gasteiger partial charge in [-0.15, -0.1) is 0 Å². The Balaban J connectivity index is 2.46. The van der Waals surface area contributed by atoms with Gasteiger partial charge < -0.3 is 15.2 Å². The first-order valence-corrected chi connectivity index (χ1v) is 10.7. The lowest BCUT2D eigenvalue weighted by molar-refractivity contribution is -0.140. The number of ether oxygens (including phenoxy) is 1. The summed E-state index contributed by atoms with van der Waals surface area (Å²) in [6.45, 7) is 13.0. The molecule has 0 spiro atoms. The van der Waals surface area contributed by atoms with Gasteiger partial charge in [-0.2, -0.15) is 5.10 Å². The van der Waals surface area contributed by atoms with E-state index < -0.39 is 29.6 Å². The molecule has 2 N–H and O–H groups in total. The molecule has 2 rings (SSSR count).